The van der Waals surface area contributed by atoms with Crippen LogP contribution in [-0.2, 0) is 0 Å². The van der Waals surface area contributed by atoms with E-state index in [0.717, 1.165) is 28.3 Å². The van der Waals surface area contributed by atoms with E-state index in [1.165, 1.54) is 0 Å². The maximum absolute atomic E-state index is 12.4. The van der Waals surface area contributed by atoms with Crippen LogP contribution in [0, 0.1) is 0 Å². The summed E-state index contributed by atoms with van der Waals surface area (Å²) in [4.78, 5) is 12.4. The number of nitrogens with zero attached hydrogens (tertiary/aromatic N) is 2. The van der Waals surface area contributed by atoms with Gasteiger partial charge in [0.25, 0.3) is 0 Å². The standard InChI is InChI=1S/C27H19ClN2O4/c28-19-10-13-24-21(15-19)23-16-22(25-7-4-14-32-25)29-30(23)26(34-24)17-8-11-20(12-9-17)33-27(31)18-5-2-1-3-6-18/h1-15,23,26H,16H2. The van der Waals surface area contributed by atoms with Crippen molar-refractivity contribution in [3.8, 4) is 11.5 Å². The summed E-state index contributed by atoms with van der Waals surface area (Å²) >= 11 is 6.29. The normalized spacial score (nSPS) is 18.5. The number of furan rings is 1. The third-order valence-corrected chi connectivity index (χ3v) is 6.18. The maximum atomic E-state index is 12.4. The number of carbonyl (C=O) groups excluding carboxylic acids is 1. The lowest BCUT2D eigenvalue weighted by atomic mass is 9.97. The number of fused-ring (bicyclic) bond motifs is 3. The Morgan fingerprint density at radius 1 is 1.00 bits per heavy atom. The second-order valence-electron chi connectivity index (χ2n) is 8.10. The largest absolute Gasteiger partial charge is 0.464 e. The molecule has 0 bridgehead atoms. The summed E-state index contributed by atoms with van der Waals surface area (Å²) in [6.07, 6.45) is 1.86. The SMILES string of the molecule is O=C(Oc1ccc(C2Oc3ccc(Cl)cc3C3CC(c4ccco4)=NN32)cc1)c1ccccc1. The molecule has 7 heteroatoms. The van der Waals surface area contributed by atoms with Crippen molar-refractivity contribution in [3.05, 3.63) is 119 Å². The van der Waals surface area contributed by atoms with Crippen LogP contribution in [0.2, 0.25) is 5.02 Å². The van der Waals surface area contributed by atoms with E-state index in [9.17, 15) is 4.79 Å². The number of ether oxygens (including phenoxy) is 2. The van der Waals surface area contributed by atoms with Gasteiger partial charge >= 0.3 is 5.97 Å². The molecule has 0 aliphatic carbocycles. The fraction of sp³-hybridized carbons (Fsp3) is 0.111. The number of hydrogen-bond donors (Lipinski definition) is 0. The van der Waals surface area contributed by atoms with Crippen molar-refractivity contribution in [2.24, 2.45) is 5.10 Å². The Labute approximate surface area is 201 Å². The van der Waals surface area contributed by atoms with Crippen molar-refractivity contribution in [1.29, 1.82) is 0 Å². The van der Waals surface area contributed by atoms with E-state index >= 15 is 0 Å². The minimum absolute atomic E-state index is 0.0388. The van der Waals surface area contributed by atoms with Gasteiger partial charge in [0.05, 0.1) is 17.9 Å². The molecule has 3 heterocycles. The Hall–Kier alpha value is -4.03. The van der Waals surface area contributed by atoms with E-state index in [2.05, 4.69) is 0 Å². The molecule has 1 aromatic heterocycles. The molecule has 2 atom stereocenters. The highest BCUT2D eigenvalue weighted by Crippen LogP contribution is 2.48. The highest BCUT2D eigenvalue weighted by molar-refractivity contribution is 6.30. The molecule has 0 radical (unpaired) electrons. The summed E-state index contributed by atoms with van der Waals surface area (Å²) in [5.74, 6) is 1.56. The van der Waals surface area contributed by atoms with Crippen LogP contribution >= 0.6 is 11.6 Å². The van der Waals surface area contributed by atoms with Crippen molar-refractivity contribution in [1.82, 2.24) is 5.01 Å². The van der Waals surface area contributed by atoms with Gasteiger partial charge in [0.15, 0.2) is 0 Å². The minimum Gasteiger partial charge on any atom is -0.464 e. The number of halogens is 1. The Morgan fingerprint density at radius 3 is 2.59 bits per heavy atom. The van der Waals surface area contributed by atoms with E-state index in [1.807, 2.05) is 53.5 Å². The van der Waals surface area contributed by atoms with Crippen LogP contribution in [0.3, 0.4) is 0 Å². The van der Waals surface area contributed by atoms with Crippen molar-refractivity contribution < 1.29 is 18.7 Å². The predicted octanol–water partition coefficient (Wildman–Crippen LogP) is 6.39. The zero-order valence-electron chi connectivity index (χ0n) is 17.9. The third-order valence-electron chi connectivity index (χ3n) is 5.94. The molecule has 6 nitrogen and oxygen atoms in total. The number of benzene rings is 3. The molecular formula is C27H19ClN2O4. The molecule has 168 valence electrons. The number of hydrogen-bond acceptors (Lipinski definition) is 6. The first-order valence-electron chi connectivity index (χ1n) is 10.9. The van der Waals surface area contributed by atoms with Gasteiger partial charge in [-0.15, -0.1) is 0 Å². The zero-order chi connectivity index (χ0) is 23.1. The molecule has 2 unspecified atom stereocenters. The minimum atomic E-state index is -0.454. The topological polar surface area (TPSA) is 64.3 Å². The monoisotopic (exact) mass is 470 g/mol. The van der Waals surface area contributed by atoms with E-state index in [0.29, 0.717) is 22.8 Å². The molecule has 2 aliphatic heterocycles. The van der Waals surface area contributed by atoms with Gasteiger partial charge in [-0.25, -0.2) is 9.80 Å². The van der Waals surface area contributed by atoms with Gasteiger partial charge < -0.3 is 13.9 Å². The van der Waals surface area contributed by atoms with Crippen molar-refractivity contribution in [3.63, 3.8) is 0 Å². The van der Waals surface area contributed by atoms with Gasteiger partial charge in [-0.05, 0) is 66.7 Å². The molecule has 0 N–H and O–H groups in total. The fourth-order valence-electron chi connectivity index (χ4n) is 4.31. The fourth-order valence-corrected chi connectivity index (χ4v) is 4.49. The summed E-state index contributed by atoms with van der Waals surface area (Å²) in [6, 6.07) is 25.6. The Kier molecular flexibility index (Phi) is 5.08. The second-order valence-corrected chi connectivity index (χ2v) is 8.54. The van der Waals surface area contributed by atoms with Crippen molar-refractivity contribution in [2.75, 3.05) is 0 Å². The van der Waals surface area contributed by atoms with Crippen LogP contribution in [0.1, 0.15) is 45.9 Å². The number of carbonyl (C=O) groups is 1. The summed E-state index contributed by atoms with van der Waals surface area (Å²) in [5, 5.41) is 7.45. The van der Waals surface area contributed by atoms with Crippen LogP contribution < -0.4 is 9.47 Å². The quantitative estimate of drug-likeness (QED) is 0.255. The highest BCUT2D eigenvalue weighted by Gasteiger charge is 2.41. The predicted molar refractivity (Wildman–Crippen MR) is 127 cm³/mol. The zero-order valence-corrected chi connectivity index (χ0v) is 18.7. The molecule has 4 aromatic rings. The summed E-state index contributed by atoms with van der Waals surface area (Å²) in [5.41, 5.74) is 3.22. The van der Waals surface area contributed by atoms with Gasteiger partial charge in [0, 0.05) is 22.6 Å². The number of rotatable bonds is 4. The van der Waals surface area contributed by atoms with Gasteiger partial charge in [-0.3, -0.25) is 0 Å². The number of esters is 1. The Balaban J connectivity index is 1.30. The number of hydrazone groups is 1. The average Bonchev–Trinajstić information content (AvgIpc) is 3.55. The molecule has 2 aliphatic rings. The van der Waals surface area contributed by atoms with E-state index in [-0.39, 0.29) is 6.04 Å². The molecular weight excluding hydrogens is 452 g/mol. The molecule has 0 amide bonds. The van der Waals surface area contributed by atoms with Crippen LogP contribution in [-0.4, -0.2) is 16.7 Å². The average molecular weight is 471 g/mol. The first kappa shape index (κ1) is 20.6. The molecule has 3 aromatic carbocycles. The third kappa shape index (κ3) is 3.72. The van der Waals surface area contributed by atoms with Gasteiger partial charge in [0.1, 0.15) is 23.0 Å². The van der Waals surface area contributed by atoms with Crippen LogP contribution in [0.5, 0.6) is 11.5 Å². The molecule has 34 heavy (non-hydrogen) atoms. The van der Waals surface area contributed by atoms with Crippen molar-refractivity contribution in [2.45, 2.75) is 18.7 Å². The molecule has 0 saturated carbocycles. The van der Waals surface area contributed by atoms with Crippen LogP contribution in [0.25, 0.3) is 0 Å². The van der Waals surface area contributed by atoms with Crippen LogP contribution in [0.4, 0.5) is 0 Å². The second kappa shape index (κ2) is 8.39. The lowest BCUT2D eigenvalue weighted by Gasteiger charge is -2.38. The lowest BCUT2D eigenvalue weighted by Crippen LogP contribution is -2.33. The highest BCUT2D eigenvalue weighted by atomic mass is 35.5. The first-order valence-corrected chi connectivity index (χ1v) is 11.3. The molecule has 6 rings (SSSR count). The van der Waals surface area contributed by atoms with E-state index in [1.54, 1.807) is 42.7 Å². The lowest BCUT2D eigenvalue weighted by molar-refractivity contribution is -0.0190. The summed E-state index contributed by atoms with van der Waals surface area (Å²) in [6.45, 7) is 0. The van der Waals surface area contributed by atoms with Gasteiger partial charge in [0.2, 0.25) is 6.23 Å². The van der Waals surface area contributed by atoms with Crippen LogP contribution in [0.15, 0.2) is 101 Å². The van der Waals surface area contributed by atoms with Crippen molar-refractivity contribution >= 4 is 23.3 Å². The summed E-state index contributed by atoms with van der Waals surface area (Å²) < 4.78 is 17.5. The summed E-state index contributed by atoms with van der Waals surface area (Å²) in [7, 11) is 0. The molecule has 0 spiro atoms. The van der Waals surface area contributed by atoms with E-state index < -0.39 is 12.2 Å². The Morgan fingerprint density at radius 2 is 1.82 bits per heavy atom. The Bertz CT molecular complexity index is 1370. The smallest absolute Gasteiger partial charge is 0.343 e. The molecule has 0 fully saturated rings. The van der Waals surface area contributed by atoms with Gasteiger partial charge in [-0.2, -0.15) is 5.10 Å². The first-order chi connectivity index (χ1) is 16.7. The van der Waals surface area contributed by atoms with Gasteiger partial charge in [-0.1, -0.05) is 29.8 Å². The maximum Gasteiger partial charge on any atom is 0.343 e. The molecule has 0 saturated heterocycles. The van der Waals surface area contributed by atoms with E-state index in [4.69, 9.17) is 30.6 Å².